The minimum Gasteiger partial charge on any atom is -0.481 e. The summed E-state index contributed by atoms with van der Waals surface area (Å²) in [5, 5.41) is 0. The number of nitrogens with one attached hydrogen (secondary N) is 1. The number of aryl methyl sites for hydroxylation is 1. The third kappa shape index (κ3) is 2.26. The number of nitrogens with zero attached hydrogens (tertiary/aromatic N) is 1. The first-order valence-electron chi connectivity index (χ1n) is 3.94. The molecule has 0 aliphatic carbocycles. The van der Waals surface area contributed by atoms with Crippen molar-refractivity contribution in [3.8, 4) is 5.88 Å². The zero-order valence-corrected chi connectivity index (χ0v) is 7.05. The van der Waals surface area contributed by atoms with E-state index in [0.29, 0.717) is 0 Å². The molecule has 62 valence electrons. The van der Waals surface area contributed by atoms with Crippen molar-refractivity contribution < 1.29 is 4.74 Å². The highest BCUT2D eigenvalue weighted by Crippen LogP contribution is 2.07. The Balaban J connectivity index is 2.44. The molecule has 3 nitrogen and oxygen atoms in total. The SMILES string of the molecule is CCCCc1ncc(OC)[nH]1. The molecule has 0 atom stereocenters. The molecule has 0 aliphatic heterocycles. The maximum Gasteiger partial charge on any atom is 0.210 e. The van der Waals surface area contributed by atoms with Gasteiger partial charge in [-0.1, -0.05) is 13.3 Å². The minimum atomic E-state index is 0.746. The number of rotatable bonds is 4. The summed E-state index contributed by atoms with van der Waals surface area (Å²) in [7, 11) is 1.64. The molecule has 1 N–H and O–H groups in total. The van der Waals surface area contributed by atoms with Crippen LogP contribution in [0.5, 0.6) is 5.88 Å². The third-order valence-corrected chi connectivity index (χ3v) is 1.59. The summed E-state index contributed by atoms with van der Waals surface area (Å²) in [6, 6.07) is 0. The molecule has 1 heterocycles. The van der Waals surface area contributed by atoms with E-state index in [-0.39, 0.29) is 0 Å². The molecule has 0 saturated heterocycles. The fraction of sp³-hybridized carbons (Fsp3) is 0.625. The first-order chi connectivity index (χ1) is 5.36. The Morgan fingerprint density at radius 1 is 1.64 bits per heavy atom. The average molecular weight is 154 g/mol. The lowest BCUT2D eigenvalue weighted by molar-refractivity contribution is 0.399. The third-order valence-electron chi connectivity index (χ3n) is 1.59. The van der Waals surface area contributed by atoms with Crippen LogP contribution in [0.2, 0.25) is 0 Å². The van der Waals surface area contributed by atoms with E-state index in [4.69, 9.17) is 4.74 Å². The van der Waals surface area contributed by atoms with E-state index in [2.05, 4.69) is 16.9 Å². The summed E-state index contributed by atoms with van der Waals surface area (Å²) in [6.07, 6.45) is 5.10. The Morgan fingerprint density at radius 3 is 3.00 bits per heavy atom. The zero-order valence-electron chi connectivity index (χ0n) is 7.05. The van der Waals surface area contributed by atoms with Gasteiger partial charge in [-0.2, -0.15) is 0 Å². The van der Waals surface area contributed by atoms with Crippen LogP contribution >= 0.6 is 0 Å². The number of hydrogen-bond donors (Lipinski definition) is 1. The van der Waals surface area contributed by atoms with Crippen LogP contribution in [0.25, 0.3) is 0 Å². The van der Waals surface area contributed by atoms with Gasteiger partial charge in [0.05, 0.1) is 13.3 Å². The molecule has 1 rings (SSSR count). The quantitative estimate of drug-likeness (QED) is 0.717. The Labute approximate surface area is 66.8 Å². The van der Waals surface area contributed by atoms with Gasteiger partial charge in [-0.25, -0.2) is 4.98 Å². The van der Waals surface area contributed by atoms with Gasteiger partial charge in [0, 0.05) is 6.42 Å². The molecular formula is C8H14N2O. The summed E-state index contributed by atoms with van der Waals surface area (Å²) in [5.41, 5.74) is 0. The average Bonchev–Trinajstić information content (AvgIpc) is 2.48. The molecule has 0 fully saturated rings. The lowest BCUT2D eigenvalue weighted by atomic mass is 10.2. The fourth-order valence-corrected chi connectivity index (χ4v) is 0.918. The van der Waals surface area contributed by atoms with E-state index < -0.39 is 0 Å². The van der Waals surface area contributed by atoms with Gasteiger partial charge in [-0.3, -0.25) is 0 Å². The van der Waals surface area contributed by atoms with Crippen LogP contribution in [0.3, 0.4) is 0 Å². The molecule has 11 heavy (non-hydrogen) atoms. The van der Waals surface area contributed by atoms with Crippen molar-refractivity contribution in [3.05, 3.63) is 12.0 Å². The maximum absolute atomic E-state index is 4.96. The highest BCUT2D eigenvalue weighted by atomic mass is 16.5. The van der Waals surface area contributed by atoms with Crippen molar-refractivity contribution in [3.63, 3.8) is 0 Å². The van der Waals surface area contributed by atoms with Crippen LogP contribution in [-0.4, -0.2) is 17.1 Å². The molecule has 0 radical (unpaired) electrons. The number of imidazole rings is 1. The molecule has 0 aliphatic rings. The zero-order chi connectivity index (χ0) is 8.10. The van der Waals surface area contributed by atoms with E-state index in [1.54, 1.807) is 13.3 Å². The van der Waals surface area contributed by atoms with E-state index >= 15 is 0 Å². The van der Waals surface area contributed by atoms with Crippen molar-refractivity contribution >= 4 is 0 Å². The lowest BCUT2D eigenvalue weighted by Crippen LogP contribution is -1.87. The Kier molecular flexibility index (Phi) is 2.95. The lowest BCUT2D eigenvalue weighted by Gasteiger charge is -1.93. The summed E-state index contributed by atoms with van der Waals surface area (Å²) >= 11 is 0. The number of hydrogen-bond acceptors (Lipinski definition) is 2. The van der Waals surface area contributed by atoms with Gasteiger partial charge in [-0.15, -0.1) is 0 Å². The highest BCUT2D eigenvalue weighted by molar-refractivity contribution is 5.06. The summed E-state index contributed by atoms with van der Waals surface area (Å²) < 4.78 is 4.96. The van der Waals surface area contributed by atoms with Crippen molar-refractivity contribution in [2.24, 2.45) is 0 Å². The first kappa shape index (κ1) is 8.11. The summed E-state index contributed by atoms with van der Waals surface area (Å²) in [5.74, 6) is 1.76. The Bertz CT molecular complexity index is 208. The number of ether oxygens (including phenoxy) is 1. The van der Waals surface area contributed by atoms with Crippen LogP contribution in [0, 0.1) is 0 Å². The van der Waals surface area contributed by atoms with Crippen LogP contribution in [0.15, 0.2) is 6.20 Å². The molecule has 1 aromatic rings. The van der Waals surface area contributed by atoms with Gasteiger partial charge in [0.15, 0.2) is 0 Å². The standard InChI is InChI=1S/C8H14N2O/c1-3-4-5-7-9-6-8(10-7)11-2/h6H,3-5H2,1-2H3,(H,9,10). The molecular weight excluding hydrogens is 140 g/mol. The predicted octanol–water partition coefficient (Wildman–Crippen LogP) is 1.76. The highest BCUT2D eigenvalue weighted by Gasteiger charge is 1.97. The second-order valence-electron chi connectivity index (χ2n) is 2.50. The molecule has 0 spiro atoms. The second-order valence-corrected chi connectivity index (χ2v) is 2.50. The number of methoxy groups -OCH3 is 1. The number of aromatic amines is 1. The normalized spacial score (nSPS) is 10.0. The Hall–Kier alpha value is -0.990. The number of H-pyrrole nitrogens is 1. The van der Waals surface area contributed by atoms with Crippen molar-refractivity contribution in [2.75, 3.05) is 7.11 Å². The molecule has 0 unspecified atom stereocenters. The molecule has 3 heteroatoms. The van der Waals surface area contributed by atoms with Crippen LogP contribution in [0.4, 0.5) is 0 Å². The van der Waals surface area contributed by atoms with Crippen molar-refractivity contribution in [1.82, 2.24) is 9.97 Å². The fourth-order valence-electron chi connectivity index (χ4n) is 0.918. The van der Waals surface area contributed by atoms with Gasteiger partial charge in [-0.05, 0) is 6.42 Å². The minimum absolute atomic E-state index is 0.746. The molecule has 0 amide bonds. The topological polar surface area (TPSA) is 37.9 Å². The van der Waals surface area contributed by atoms with E-state index in [0.717, 1.165) is 18.1 Å². The van der Waals surface area contributed by atoms with Gasteiger partial charge in [0.25, 0.3) is 0 Å². The van der Waals surface area contributed by atoms with E-state index in [1.165, 1.54) is 12.8 Å². The summed E-state index contributed by atoms with van der Waals surface area (Å²) in [6.45, 7) is 2.17. The summed E-state index contributed by atoms with van der Waals surface area (Å²) in [4.78, 5) is 7.21. The molecule has 1 aromatic heterocycles. The number of aromatic nitrogens is 2. The Morgan fingerprint density at radius 2 is 2.45 bits per heavy atom. The van der Waals surface area contributed by atoms with Gasteiger partial charge in [0.2, 0.25) is 5.88 Å². The van der Waals surface area contributed by atoms with Crippen LogP contribution in [-0.2, 0) is 6.42 Å². The number of unbranched alkanes of at least 4 members (excludes halogenated alkanes) is 1. The van der Waals surface area contributed by atoms with Crippen molar-refractivity contribution in [2.45, 2.75) is 26.2 Å². The van der Waals surface area contributed by atoms with Gasteiger partial charge in [0.1, 0.15) is 5.82 Å². The monoisotopic (exact) mass is 154 g/mol. The van der Waals surface area contributed by atoms with E-state index in [9.17, 15) is 0 Å². The molecule has 0 saturated carbocycles. The molecule has 0 aromatic carbocycles. The van der Waals surface area contributed by atoms with E-state index in [1.807, 2.05) is 0 Å². The van der Waals surface area contributed by atoms with Gasteiger partial charge < -0.3 is 9.72 Å². The largest absolute Gasteiger partial charge is 0.481 e. The van der Waals surface area contributed by atoms with Crippen LogP contribution in [0.1, 0.15) is 25.6 Å². The first-order valence-corrected chi connectivity index (χ1v) is 3.94. The maximum atomic E-state index is 4.96. The second kappa shape index (κ2) is 4.01. The van der Waals surface area contributed by atoms with Crippen LogP contribution < -0.4 is 4.74 Å². The smallest absolute Gasteiger partial charge is 0.210 e. The molecule has 0 bridgehead atoms. The van der Waals surface area contributed by atoms with Gasteiger partial charge >= 0.3 is 0 Å². The predicted molar refractivity (Wildman–Crippen MR) is 43.8 cm³/mol. The van der Waals surface area contributed by atoms with Crippen molar-refractivity contribution in [1.29, 1.82) is 0 Å².